The summed E-state index contributed by atoms with van der Waals surface area (Å²) in [7, 11) is 0. The highest BCUT2D eigenvalue weighted by Gasteiger charge is 2.23. The normalized spacial score (nSPS) is 11.2. The summed E-state index contributed by atoms with van der Waals surface area (Å²) in [5.41, 5.74) is 1.13. The van der Waals surface area contributed by atoms with Gasteiger partial charge in [0.25, 0.3) is 11.8 Å². The van der Waals surface area contributed by atoms with Gasteiger partial charge in [-0.05, 0) is 50.6 Å². The largest absolute Gasteiger partial charge is 0.339 e. The molecule has 30 heavy (non-hydrogen) atoms. The van der Waals surface area contributed by atoms with Gasteiger partial charge in [-0.1, -0.05) is 32.4 Å². The minimum atomic E-state index is -0.526. The molecule has 0 aliphatic carbocycles. The first kappa shape index (κ1) is 23.9. The Morgan fingerprint density at radius 2 is 1.70 bits per heavy atom. The number of anilines is 2. The lowest BCUT2D eigenvalue weighted by Crippen LogP contribution is -2.30. The second-order valence-electron chi connectivity index (χ2n) is 7.95. The molecular formula is C22H28ClN3O3S. The summed E-state index contributed by atoms with van der Waals surface area (Å²) < 4.78 is 0. The number of benzene rings is 1. The van der Waals surface area contributed by atoms with Crippen molar-refractivity contribution in [1.29, 1.82) is 0 Å². The number of amides is 3. The molecule has 1 aromatic heterocycles. The lowest BCUT2D eigenvalue weighted by Gasteiger charge is -2.19. The van der Waals surface area contributed by atoms with Gasteiger partial charge >= 0.3 is 0 Å². The number of nitrogens with zero attached hydrogens (tertiary/aromatic N) is 1. The third-order valence-corrected chi connectivity index (χ3v) is 6.01. The fraction of sp³-hybridized carbons (Fsp3) is 0.409. The van der Waals surface area contributed by atoms with E-state index in [4.69, 9.17) is 11.6 Å². The summed E-state index contributed by atoms with van der Waals surface area (Å²) >= 11 is 7.52. The molecule has 0 atom stereocenters. The highest BCUT2D eigenvalue weighted by molar-refractivity contribution is 7.18. The average Bonchev–Trinajstić information content (AvgIpc) is 3.02. The predicted molar refractivity (Wildman–Crippen MR) is 124 cm³/mol. The molecule has 0 aliphatic rings. The molecule has 2 N–H and O–H groups in total. The quantitative estimate of drug-likeness (QED) is 0.617. The number of carbonyl (C=O) groups excluding carboxylic acids is 3. The van der Waals surface area contributed by atoms with Gasteiger partial charge in [-0.3, -0.25) is 14.4 Å². The van der Waals surface area contributed by atoms with E-state index in [1.807, 2.05) is 41.5 Å². The smallest absolute Gasteiger partial charge is 0.266 e. The van der Waals surface area contributed by atoms with Gasteiger partial charge in [0.15, 0.2) is 0 Å². The van der Waals surface area contributed by atoms with Crippen LogP contribution in [0.25, 0.3) is 0 Å². The van der Waals surface area contributed by atoms with E-state index in [9.17, 15) is 14.4 Å². The van der Waals surface area contributed by atoms with Gasteiger partial charge in [-0.25, -0.2) is 0 Å². The molecule has 2 aromatic rings. The zero-order chi connectivity index (χ0) is 22.6. The van der Waals surface area contributed by atoms with E-state index in [-0.39, 0.29) is 22.7 Å². The summed E-state index contributed by atoms with van der Waals surface area (Å²) in [5.74, 6) is -0.556. The van der Waals surface area contributed by atoms with E-state index < -0.39 is 5.41 Å². The molecule has 0 radical (unpaired) electrons. The van der Waals surface area contributed by atoms with Crippen molar-refractivity contribution in [2.45, 2.75) is 41.5 Å². The fourth-order valence-corrected chi connectivity index (χ4v) is 3.93. The van der Waals surface area contributed by atoms with Crippen LogP contribution in [-0.4, -0.2) is 35.7 Å². The van der Waals surface area contributed by atoms with Crippen LogP contribution in [0, 0.1) is 12.3 Å². The Hall–Kier alpha value is -2.38. The van der Waals surface area contributed by atoms with Crippen molar-refractivity contribution < 1.29 is 14.4 Å². The maximum Gasteiger partial charge on any atom is 0.266 e. The molecule has 1 aromatic carbocycles. The van der Waals surface area contributed by atoms with Gasteiger partial charge in [-0.15, -0.1) is 11.3 Å². The van der Waals surface area contributed by atoms with Crippen molar-refractivity contribution in [2.24, 2.45) is 5.41 Å². The van der Waals surface area contributed by atoms with Crippen molar-refractivity contribution in [3.8, 4) is 0 Å². The lowest BCUT2D eigenvalue weighted by molar-refractivity contribution is -0.123. The van der Waals surface area contributed by atoms with Crippen molar-refractivity contribution in [2.75, 3.05) is 23.7 Å². The molecule has 0 saturated carbocycles. The van der Waals surface area contributed by atoms with Gasteiger partial charge < -0.3 is 15.5 Å². The highest BCUT2D eigenvalue weighted by Crippen LogP contribution is 2.30. The van der Waals surface area contributed by atoms with E-state index in [2.05, 4.69) is 10.6 Å². The summed E-state index contributed by atoms with van der Waals surface area (Å²) in [6, 6.07) is 6.63. The topological polar surface area (TPSA) is 78.5 Å². The lowest BCUT2D eigenvalue weighted by atomic mass is 9.96. The maximum atomic E-state index is 12.7. The Bertz CT molecular complexity index is 959. The fourth-order valence-electron chi connectivity index (χ4n) is 2.70. The number of nitrogens with one attached hydrogen (secondary N) is 2. The standard InChI is InChI=1S/C22H28ClN3O3S/c1-7-26(8-2)20(28)15-10-9-14(12-16(15)23)24-19(27)18-13(3)11-17(30-18)25-21(29)22(4,5)6/h9-12H,7-8H2,1-6H3,(H,24,27)(H,25,29). The second-order valence-corrected chi connectivity index (χ2v) is 9.41. The van der Waals surface area contributed by atoms with Crippen molar-refractivity contribution >= 4 is 51.3 Å². The number of hydrogen-bond acceptors (Lipinski definition) is 4. The molecule has 162 valence electrons. The monoisotopic (exact) mass is 449 g/mol. The van der Waals surface area contributed by atoms with Crippen LogP contribution in [0.4, 0.5) is 10.7 Å². The zero-order valence-corrected chi connectivity index (χ0v) is 19.8. The number of carbonyl (C=O) groups is 3. The molecule has 0 unspecified atom stereocenters. The van der Waals surface area contributed by atoms with E-state index in [1.165, 1.54) is 11.3 Å². The zero-order valence-electron chi connectivity index (χ0n) is 18.2. The summed E-state index contributed by atoms with van der Waals surface area (Å²) in [5, 5.41) is 6.56. The van der Waals surface area contributed by atoms with Crippen molar-refractivity contribution in [3.63, 3.8) is 0 Å². The van der Waals surface area contributed by atoms with Crippen LogP contribution in [-0.2, 0) is 4.79 Å². The molecule has 0 saturated heterocycles. The van der Waals surface area contributed by atoms with Crippen LogP contribution in [0.2, 0.25) is 5.02 Å². The molecule has 2 rings (SSSR count). The highest BCUT2D eigenvalue weighted by atomic mass is 35.5. The van der Waals surface area contributed by atoms with Crippen LogP contribution in [0.5, 0.6) is 0 Å². The molecule has 6 nitrogen and oxygen atoms in total. The van der Waals surface area contributed by atoms with Crippen LogP contribution in [0.3, 0.4) is 0 Å². The number of hydrogen-bond donors (Lipinski definition) is 2. The molecule has 8 heteroatoms. The van der Waals surface area contributed by atoms with Gasteiger partial charge in [0, 0.05) is 24.2 Å². The SMILES string of the molecule is CCN(CC)C(=O)c1ccc(NC(=O)c2sc(NC(=O)C(C)(C)C)cc2C)cc1Cl. The van der Waals surface area contributed by atoms with E-state index in [0.29, 0.717) is 34.2 Å². The first-order chi connectivity index (χ1) is 14.0. The molecule has 1 heterocycles. The Morgan fingerprint density at radius 1 is 1.07 bits per heavy atom. The maximum absolute atomic E-state index is 12.7. The Morgan fingerprint density at radius 3 is 2.23 bits per heavy atom. The van der Waals surface area contributed by atoms with Crippen molar-refractivity contribution in [3.05, 3.63) is 45.3 Å². The third-order valence-electron chi connectivity index (χ3n) is 4.55. The van der Waals surface area contributed by atoms with E-state index >= 15 is 0 Å². The van der Waals surface area contributed by atoms with Gasteiger partial charge in [-0.2, -0.15) is 0 Å². The molecule has 0 bridgehead atoms. The second kappa shape index (κ2) is 9.62. The van der Waals surface area contributed by atoms with Crippen LogP contribution < -0.4 is 10.6 Å². The number of halogens is 1. The number of aryl methyl sites for hydroxylation is 1. The van der Waals surface area contributed by atoms with Gasteiger partial charge in [0.2, 0.25) is 5.91 Å². The summed E-state index contributed by atoms with van der Waals surface area (Å²) in [4.78, 5) is 39.6. The molecule has 0 spiro atoms. The van der Waals surface area contributed by atoms with Crippen LogP contribution in [0.1, 0.15) is 60.2 Å². The predicted octanol–water partition coefficient (Wildman–Crippen LogP) is 5.43. The summed E-state index contributed by atoms with van der Waals surface area (Å²) in [6.07, 6.45) is 0. The molecular weight excluding hydrogens is 422 g/mol. The Kier molecular flexibility index (Phi) is 7.66. The van der Waals surface area contributed by atoms with Crippen LogP contribution in [0.15, 0.2) is 24.3 Å². The Labute approximate surface area is 186 Å². The Balaban J connectivity index is 2.16. The number of thiophene rings is 1. The minimum absolute atomic E-state index is 0.115. The third kappa shape index (κ3) is 5.61. The van der Waals surface area contributed by atoms with E-state index in [1.54, 1.807) is 29.2 Å². The molecule has 3 amide bonds. The number of rotatable bonds is 6. The van der Waals surface area contributed by atoms with Gasteiger partial charge in [0.1, 0.15) is 0 Å². The molecule has 0 fully saturated rings. The van der Waals surface area contributed by atoms with Crippen molar-refractivity contribution in [1.82, 2.24) is 4.90 Å². The van der Waals surface area contributed by atoms with E-state index in [0.717, 1.165) is 5.56 Å². The van der Waals surface area contributed by atoms with Crippen LogP contribution >= 0.6 is 22.9 Å². The summed E-state index contributed by atoms with van der Waals surface area (Å²) in [6.45, 7) is 12.3. The minimum Gasteiger partial charge on any atom is -0.339 e. The first-order valence-corrected chi connectivity index (χ1v) is 11.0. The average molecular weight is 450 g/mol. The van der Waals surface area contributed by atoms with Gasteiger partial charge in [0.05, 0.1) is 20.5 Å². The first-order valence-electron chi connectivity index (χ1n) is 9.80. The molecule has 0 aliphatic heterocycles.